The Bertz CT molecular complexity index is 787. The minimum atomic E-state index is -0.335. The van der Waals surface area contributed by atoms with Gasteiger partial charge in [0.2, 0.25) is 11.8 Å². The fraction of sp³-hybridized carbons (Fsp3) is 0.353. The average molecular weight is 348 g/mol. The Morgan fingerprint density at radius 1 is 1.38 bits per heavy atom. The first kappa shape index (κ1) is 16.5. The van der Waals surface area contributed by atoms with Crippen molar-refractivity contribution < 1.29 is 14.3 Å². The maximum Gasteiger partial charge on any atom is 0.233 e. The molecule has 0 unspecified atom stereocenters. The topological polar surface area (TPSA) is 64.4 Å². The van der Waals surface area contributed by atoms with Crippen molar-refractivity contribution in [3.63, 3.8) is 0 Å². The molecule has 1 atom stereocenters. The number of rotatable bonds is 5. The maximum atomic E-state index is 12.6. The zero-order valence-electron chi connectivity index (χ0n) is 13.5. The Hall–Kier alpha value is -2.34. The van der Waals surface area contributed by atoms with Gasteiger partial charge in [0.05, 0.1) is 25.8 Å². The summed E-state index contributed by atoms with van der Waals surface area (Å²) in [7, 11) is 3.38. The van der Waals surface area contributed by atoms with Crippen LogP contribution in [0.25, 0.3) is 0 Å². The Kier molecular flexibility index (Phi) is 4.57. The van der Waals surface area contributed by atoms with E-state index < -0.39 is 0 Å². The van der Waals surface area contributed by atoms with E-state index in [1.165, 1.54) is 4.90 Å². The Morgan fingerprint density at radius 2 is 2.17 bits per heavy atom. The predicted octanol–water partition coefficient (Wildman–Crippen LogP) is 2.20. The lowest BCUT2D eigenvalue weighted by Crippen LogP contribution is -2.30. The van der Waals surface area contributed by atoms with Crippen LogP contribution in [0.1, 0.15) is 17.5 Å². The summed E-state index contributed by atoms with van der Waals surface area (Å²) in [6.45, 7) is 0.185. The second-order valence-corrected chi connectivity index (χ2v) is 6.31. The lowest BCUT2D eigenvalue weighted by molar-refractivity contribution is -0.140. The van der Waals surface area contributed by atoms with Gasteiger partial charge in [0.1, 0.15) is 5.75 Å². The molecular weight excluding hydrogens is 330 g/mol. The number of benzene rings is 1. The minimum absolute atomic E-state index is 0.157. The van der Waals surface area contributed by atoms with E-state index in [1.54, 1.807) is 36.2 Å². The lowest BCUT2D eigenvalue weighted by atomic mass is 10.0. The summed E-state index contributed by atoms with van der Waals surface area (Å²) in [6, 6.07) is 5.21. The summed E-state index contributed by atoms with van der Waals surface area (Å²) < 4.78 is 6.79. The van der Waals surface area contributed by atoms with Crippen LogP contribution < -0.4 is 4.74 Å². The SMILES string of the molecule is COc1ccc(CN2C(=O)C[C@@H](Cc3cnn(C)c3)C2=O)c(Cl)c1. The fourth-order valence-corrected chi connectivity index (χ4v) is 3.12. The molecule has 0 N–H and O–H groups in total. The molecule has 0 saturated carbocycles. The van der Waals surface area contributed by atoms with Gasteiger partial charge < -0.3 is 4.74 Å². The van der Waals surface area contributed by atoms with Gasteiger partial charge in [-0.05, 0) is 29.7 Å². The highest BCUT2D eigenvalue weighted by Gasteiger charge is 2.38. The van der Waals surface area contributed by atoms with Crippen LogP contribution >= 0.6 is 11.6 Å². The minimum Gasteiger partial charge on any atom is -0.497 e. The van der Waals surface area contributed by atoms with E-state index in [0.29, 0.717) is 17.2 Å². The molecular formula is C17H18ClN3O3. The van der Waals surface area contributed by atoms with Gasteiger partial charge in [-0.15, -0.1) is 0 Å². The molecule has 1 aliphatic heterocycles. The highest BCUT2D eigenvalue weighted by atomic mass is 35.5. The summed E-state index contributed by atoms with van der Waals surface area (Å²) >= 11 is 6.21. The number of halogens is 1. The molecule has 1 fully saturated rings. The second-order valence-electron chi connectivity index (χ2n) is 5.90. The summed E-state index contributed by atoms with van der Waals surface area (Å²) in [5.41, 5.74) is 1.68. The number of aryl methyl sites for hydroxylation is 1. The van der Waals surface area contributed by atoms with E-state index >= 15 is 0 Å². The van der Waals surface area contributed by atoms with Gasteiger partial charge >= 0.3 is 0 Å². The second kappa shape index (κ2) is 6.65. The molecule has 1 aromatic heterocycles. The monoisotopic (exact) mass is 347 g/mol. The van der Waals surface area contributed by atoms with Crippen molar-refractivity contribution in [3.8, 4) is 5.75 Å². The van der Waals surface area contributed by atoms with E-state index in [0.717, 1.165) is 11.1 Å². The molecule has 2 heterocycles. The first-order valence-electron chi connectivity index (χ1n) is 7.62. The third-order valence-electron chi connectivity index (χ3n) is 4.17. The maximum absolute atomic E-state index is 12.6. The van der Waals surface area contributed by atoms with Crippen LogP contribution in [0.4, 0.5) is 0 Å². The van der Waals surface area contributed by atoms with Gasteiger partial charge in [0, 0.05) is 24.7 Å². The molecule has 0 spiro atoms. The van der Waals surface area contributed by atoms with E-state index in [4.69, 9.17) is 16.3 Å². The summed E-state index contributed by atoms with van der Waals surface area (Å²) in [5.74, 6) is -0.0208. The largest absolute Gasteiger partial charge is 0.497 e. The Balaban J connectivity index is 1.72. The number of hydrogen-bond acceptors (Lipinski definition) is 4. The number of hydrogen-bond donors (Lipinski definition) is 0. The van der Waals surface area contributed by atoms with Crippen molar-refractivity contribution in [1.29, 1.82) is 0 Å². The molecule has 6 nitrogen and oxygen atoms in total. The van der Waals surface area contributed by atoms with Crippen LogP contribution in [0, 0.1) is 5.92 Å². The number of likely N-dealkylation sites (tertiary alicyclic amines) is 1. The van der Waals surface area contributed by atoms with Crippen LogP contribution in [0.5, 0.6) is 5.75 Å². The fourth-order valence-electron chi connectivity index (χ4n) is 2.89. The molecule has 1 aliphatic rings. The number of aromatic nitrogens is 2. The number of nitrogens with zero attached hydrogens (tertiary/aromatic N) is 3. The molecule has 2 aromatic rings. The number of methoxy groups -OCH3 is 1. The molecule has 1 saturated heterocycles. The van der Waals surface area contributed by atoms with Crippen LogP contribution in [0.3, 0.4) is 0 Å². The first-order chi connectivity index (χ1) is 11.5. The normalized spacial score (nSPS) is 17.6. The van der Waals surface area contributed by atoms with E-state index in [1.807, 2.05) is 13.2 Å². The summed E-state index contributed by atoms with van der Waals surface area (Å²) in [4.78, 5) is 26.1. The van der Waals surface area contributed by atoms with Crippen molar-refractivity contribution in [2.75, 3.05) is 7.11 Å². The van der Waals surface area contributed by atoms with Crippen LogP contribution in [0.2, 0.25) is 5.02 Å². The molecule has 0 bridgehead atoms. The highest BCUT2D eigenvalue weighted by molar-refractivity contribution is 6.31. The number of carbonyl (C=O) groups excluding carboxylic acids is 2. The van der Waals surface area contributed by atoms with Crippen LogP contribution in [-0.2, 0) is 29.6 Å². The van der Waals surface area contributed by atoms with Gasteiger partial charge in [-0.3, -0.25) is 19.2 Å². The molecule has 0 aliphatic carbocycles. The predicted molar refractivity (Wildman–Crippen MR) is 88.6 cm³/mol. The van der Waals surface area contributed by atoms with Crippen molar-refractivity contribution in [2.45, 2.75) is 19.4 Å². The van der Waals surface area contributed by atoms with Gasteiger partial charge in [-0.25, -0.2) is 0 Å². The molecule has 1 aromatic carbocycles. The van der Waals surface area contributed by atoms with Gasteiger partial charge in [0.15, 0.2) is 0 Å². The number of ether oxygens (including phenoxy) is 1. The lowest BCUT2D eigenvalue weighted by Gasteiger charge is -2.16. The van der Waals surface area contributed by atoms with Crippen LogP contribution in [-0.4, -0.2) is 33.6 Å². The molecule has 7 heteroatoms. The molecule has 24 heavy (non-hydrogen) atoms. The van der Waals surface area contributed by atoms with Gasteiger partial charge in [-0.1, -0.05) is 17.7 Å². The molecule has 2 amide bonds. The van der Waals surface area contributed by atoms with Crippen molar-refractivity contribution in [2.24, 2.45) is 13.0 Å². The first-order valence-corrected chi connectivity index (χ1v) is 8.00. The molecule has 3 rings (SSSR count). The summed E-state index contributed by atoms with van der Waals surface area (Å²) in [6.07, 6.45) is 4.33. The van der Waals surface area contributed by atoms with Crippen molar-refractivity contribution in [3.05, 3.63) is 46.7 Å². The standard InChI is InChI=1S/C17H18ClN3O3/c1-20-9-11(8-19-20)5-13-6-16(22)21(17(13)23)10-12-3-4-14(24-2)7-15(12)18/h3-4,7-9,13H,5-6,10H2,1-2H3/t13-/m1/s1. The third-order valence-corrected chi connectivity index (χ3v) is 4.52. The zero-order chi connectivity index (χ0) is 17.3. The Labute approximate surface area is 145 Å². The molecule has 126 valence electrons. The Morgan fingerprint density at radius 3 is 2.79 bits per heavy atom. The third kappa shape index (κ3) is 3.28. The zero-order valence-corrected chi connectivity index (χ0v) is 14.3. The summed E-state index contributed by atoms with van der Waals surface area (Å²) in [5, 5.41) is 4.57. The van der Waals surface area contributed by atoms with E-state index in [9.17, 15) is 9.59 Å². The van der Waals surface area contributed by atoms with Crippen LogP contribution in [0.15, 0.2) is 30.6 Å². The van der Waals surface area contributed by atoms with Gasteiger partial charge in [-0.2, -0.15) is 5.10 Å². The van der Waals surface area contributed by atoms with Gasteiger partial charge in [0.25, 0.3) is 0 Å². The van der Waals surface area contributed by atoms with E-state index in [2.05, 4.69) is 5.10 Å². The van der Waals surface area contributed by atoms with Crippen molar-refractivity contribution in [1.82, 2.24) is 14.7 Å². The van der Waals surface area contributed by atoms with Crippen molar-refractivity contribution >= 4 is 23.4 Å². The van der Waals surface area contributed by atoms with E-state index in [-0.39, 0.29) is 30.7 Å². The number of carbonyl (C=O) groups is 2. The smallest absolute Gasteiger partial charge is 0.233 e. The number of amides is 2. The highest BCUT2D eigenvalue weighted by Crippen LogP contribution is 2.28. The average Bonchev–Trinajstić information content (AvgIpc) is 3.07. The number of imide groups is 1. The molecule has 0 radical (unpaired) electrons. The quantitative estimate of drug-likeness (QED) is 0.778.